The molecule has 0 saturated carbocycles. The van der Waals surface area contributed by atoms with Crippen molar-refractivity contribution < 1.29 is 13.5 Å². The Kier molecular flexibility index (Phi) is 5.67. The lowest BCUT2D eigenvalue weighted by molar-refractivity contribution is 0.303. The Morgan fingerprint density at radius 2 is 1.92 bits per heavy atom. The molecule has 0 aliphatic rings. The van der Waals surface area contributed by atoms with Gasteiger partial charge in [-0.05, 0) is 61.2 Å². The molecule has 2 nitrogen and oxygen atoms in total. The van der Waals surface area contributed by atoms with E-state index in [9.17, 15) is 4.39 Å². The minimum atomic E-state index is 0.330. The maximum absolute atomic E-state index is 12.4. The third-order valence-electron chi connectivity index (χ3n) is 4.66. The number of furan rings is 1. The van der Waals surface area contributed by atoms with E-state index in [1.54, 1.807) is 12.1 Å². The highest BCUT2D eigenvalue weighted by Gasteiger charge is 2.12. The van der Waals surface area contributed by atoms with Crippen LogP contribution in [0.1, 0.15) is 41.4 Å². The molecule has 136 valence electrons. The van der Waals surface area contributed by atoms with Crippen LogP contribution in [0.2, 0.25) is 5.02 Å². The van der Waals surface area contributed by atoms with Crippen LogP contribution in [0.15, 0.2) is 41.1 Å². The van der Waals surface area contributed by atoms with Crippen molar-refractivity contribution in [3.8, 4) is 5.75 Å². The maximum atomic E-state index is 12.4. The van der Waals surface area contributed by atoms with E-state index in [0.717, 1.165) is 35.1 Å². The molecule has 0 bridgehead atoms. The molecular formula is C22H22ClFO2. The summed E-state index contributed by atoms with van der Waals surface area (Å²) in [5.41, 5.74) is 5.28. The van der Waals surface area contributed by atoms with Crippen molar-refractivity contribution in [1.82, 2.24) is 0 Å². The van der Waals surface area contributed by atoms with Crippen LogP contribution in [-0.2, 0) is 13.0 Å². The maximum Gasteiger partial charge on any atom is 0.141 e. The van der Waals surface area contributed by atoms with Gasteiger partial charge in [-0.3, -0.25) is 0 Å². The number of fused-ring (bicyclic) bond motifs is 1. The number of hydrogen-bond acceptors (Lipinski definition) is 2. The monoisotopic (exact) mass is 372 g/mol. The number of aryl methyl sites for hydroxylation is 1. The van der Waals surface area contributed by atoms with Crippen LogP contribution >= 0.6 is 11.6 Å². The van der Waals surface area contributed by atoms with Crippen LogP contribution < -0.4 is 4.74 Å². The summed E-state index contributed by atoms with van der Waals surface area (Å²) in [6.07, 6.45) is 3.92. The second-order valence-corrected chi connectivity index (χ2v) is 6.87. The minimum Gasteiger partial charge on any atom is -0.488 e. The molecule has 26 heavy (non-hydrogen) atoms. The van der Waals surface area contributed by atoms with E-state index in [0.29, 0.717) is 29.3 Å². The molecule has 0 unspecified atom stereocenters. The van der Waals surface area contributed by atoms with Crippen LogP contribution in [0.25, 0.3) is 17.0 Å². The number of rotatable bonds is 6. The van der Waals surface area contributed by atoms with Gasteiger partial charge in [0.25, 0.3) is 0 Å². The Morgan fingerprint density at radius 1 is 1.12 bits per heavy atom. The molecule has 3 rings (SSSR count). The first kappa shape index (κ1) is 18.5. The molecule has 3 aromatic rings. The van der Waals surface area contributed by atoms with Gasteiger partial charge in [0.15, 0.2) is 0 Å². The van der Waals surface area contributed by atoms with Gasteiger partial charge in [-0.15, -0.1) is 0 Å². The quantitative estimate of drug-likeness (QED) is 0.457. The van der Waals surface area contributed by atoms with E-state index in [1.165, 1.54) is 17.2 Å². The van der Waals surface area contributed by atoms with Gasteiger partial charge >= 0.3 is 0 Å². The fourth-order valence-corrected chi connectivity index (χ4v) is 3.41. The normalized spacial score (nSPS) is 11.6. The second kappa shape index (κ2) is 7.96. The van der Waals surface area contributed by atoms with E-state index in [-0.39, 0.29) is 0 Å². The SMILES string of the molecule is CCCc1ccc(OCc2cc(Cl)cc3cc(C=CF)oc23)c(C)c1C. The highest BCUT2D eigenvalue weighted by Crippen LogP contribution is 2.30. The molecule has 1 heterocycles. The molecule has 0 atom stereocenters. The fourth-order valence-electron chi connectivity index (χ4n) is 3.16. The van der Waals surface area contributed by atoms with Crippen LogP contribution in [-0.4, -0.2) is 0 Å². The first-order valence-corrected chi connectivity index (χ1v) is 9.12. The Balaban J connectivity index is 1.89. The summed E-state index contributed by atoms with van der Waals surface area (Å²) in [6, 6.07) is 9.54. The van der Waals surface area contributed by atoms with Crippen molar-refractivity contribution in [3.63, 3.8) is 0 Å². The first-order valence-electron chi connectivity index (χ1n) is 8.74. The van der Waals surface area contributed by atoms with Gasteiger partial charge in [0, 0.05) is 22.0 Å². The van der Waals surface area contributed by atoms with Crippen molar-refractivity contribution in [1.29, 1.82) is 0 Å². The van der Waals surface area contributed by atoms with Gasteiger partial charge in [-0.25, -0.2) is 4.39 Å². The molecule has 4 heteroatoms. The lowest BCUT2D eigenvalue weighted by Gasteiger charge is -2.14. The zero-order valence-corrected chi connectivity index (χ0v) is 16.0. The smallest absolute Gasteiger partial charge is 0.141 e. The van der Waals surface area contributed by atoms with Crippen LogP contribution in [0.3, 0.4) is 0 Å². The fraction of sp³-hybridized carbons (Fsp3) is 0.273. The topological polar surface area (TPSA) is 22.4 Å². The van der Waals surface area contributed by atoms with Gasteiger partial charge in [0.2, 0.25) is 0 Å². The molecule has 0 N–H and O–H groups in total. The van der Waals surface area contributed by atoms with E-state index in [1.807, 2.05) is 12.1 Å². The number of benzene rings is 2. The molecule has 0 aliphatic carbocycles. The van der Waals surface area contributed by atoms with E-state index in [4.69, 9.17) is 20.8 Å². The van der Waals surface area contributed by atoms with Crippen molar-refractivity contribution in [2.45, 2.75) is 40.2 Å². The third kappa shape index (κ3) is 3.78. The molecule has 0 amide bonds. The Labute approximate surface area is 158 Å². The lowest BCUT2D eigenvalue weighted by atomic mass is 9.99. The van der Waals surface area contributed by atoms with Crippen molar-refractivity contribution >= 4 is 28.6 Å². The van der Waals surface area contributed by atoms with E-state index < -0.39 is 0 Å². The van der Waals surface area contributed by atoms with E-state index in [2.05, 4.69) is 26.8 Å². The van der Waals surface area contributed by atoms with Gasteiger partial charge in [0.05, 0.1) is 6.33 Å². The number of halogens is 2. The zero-order valence-electron chi connectivity index (χ0n) is 15.2. The number of ether oxygens (including phenoxy) is 1. The van der Waals surface area contributed by atoms with Crippen molar-refractivity contribution in [3.05, 3.63) is 69.7 Å². The van der Waals surface area contributed by atoms with Crippen LogP contribution in [0.4, 0.5) is 4.39 Å². The van der Waals surface area contributed by atoms with Crippen LogP contribution in [0, 0.1) is 13.8 Å². The molecule has 2 aromatic carbocycles. The Bertz CT molecular complexity index is 956. The highest BCUT2D eigenvalue weighted by molar-refractivity contribution is 6.31. The summed E-state index contributed by atoms with van der Waals surface area (Å²) in [5.74, 6) is 1.30. The van der Waals surface area contributed by atoms with E-state index >= 15 is 0 Å². The number of hydrogen-bond donors (Lipinski definition) is 0. The third-order valence-corrected chi connectivity index (χ3v) is 4.87. The molecule has 1 aromatic heterocycles. The molecular weight excluding hydrogens is 351 g/mol. The summed E-state index contributed by atoms with van der Waals surface area (Å²) in [6.45, 7) is 6.72. The molecule has 0 fully saturated rings. The van der Waals surface area contributed by atoms with Gasteiger partial charge in [0.1, 0.15) is 23.7 Å². The molecule has 0 saturated heterocycles. The largest absolute Gasteiger partial charge is 0.488 e. The summed E-state index contributed by atoms with van der Waals surface area (Å²) < 4.78 is 24.2. The van der Waals surface area contributed by atoms with Gasteiger partial charge in [-0.1, -0.05) is 31.0 Å². The lowest BCUT2D eigenvalue weighted by Crippen LogP contribution is -2.00. The Morgan fingerprint density at radius 3 is 2.65 bits per heavy atom. The average molecular weight is 373 g/mol. The summed E-state index contributed by atoms with van der Waals surface area (Å²) >= 11 is 6.21. The molecule has 0 radical (unpaired) electrons. The molecule has 0 spiro atoms. The first-order chi connectivity index (χ1) is 12.5. The standard InChI is InChI=1S/C22H22ClFO2/c1-4-5-16-6-7-21(15(3)14(16)2)25-13-18-11-19(23)10-17-12-20(8-9-24)26-22(17)18/h6-12H,4-5,13H2,1-3H3. The van der Waals surface area contributed by atoms with Gasteiger partial charge < -0.3 is 9.15 Å². The second-order valence-electron chi connectivity index (χ2n) is 6.44. The van der Waals surface area contributed by atoms with Crippen LogP contribution in [0.5, 0.6) is 5.75 Å². The minimum absolute atomic E-state index is 0.330. The zero-order chi connectivity index (χ0) is 18.7. The average Bonchev–Trinajstić information content (AvgIpc) is 3.01. The summed E-state index contributed by atoms with van der Waals surface area (Å²) in [4.78, 5) is 0. The Hall–Kier alpha value is -2.26. The summed E-state index contributed by atoms with van der Waals surface area (Å²) in [5, 5.41) is 1.43. The van der Waals surface area contributed by atoms with Gasteiger partial charge in [-0.2, -0.15) is 0 Å². The molecule has 0 aliphatic heterocycles. The van der Waals surface area contributed by atoms with Crippen molar-refractivity contribution in [2.75, 3.05) is 0 Å². The predicted molar refractivity (Wildman–Crippen MR) is 106 cm³/mol. The summed E-state index contributed by atoms with van der Waals surface area (Å²) in [7, 11) is 0. The predicted octanol–water partition coefficient (Wildman–Crippen LogP) is 7.17. The highest BCUT2D eigenvalue weighted by atomic mass is 35.5. The van der Waals surface area contributed by atoms with Crippen molar-refractivity contribution in [2.24, 2.45) is 0 Å².